The Morgan fingerprint density at radius 3 is 2.61 bits per heavy atom. The van der Waals surface area contributed by atoms with Gasteiger partial charge in [-0.05, 0) is 37.8 Å². The van der Waals surface area contributed by atoms with Gasteiger partial charge in [0.1, 0.15) is 17.0 Å². The first-order chi connectivity index (χ1) is 17.5. The van der Waals surface area contributed by atoms with Crippen LogP contribution in [0.15, 0.2) is 36.8 Å². The SMILES string of the molecule is CNc1cc(-c2c[nH]c3ncccc23)nc2c(C(N)=O)cnn12.COC1CCC1.COC1CCOC1. The van der Waals surface area contributed by atoms with E-state index in [2.05, 4.69) is 25.4 Å². The molecule has 0 bridgehead atoms. The van der Waals surface area contributed by atoms with Crippen molar-refractivity contribution in [1.29, 1.82) is 0 Å². The Morgan fingerprint density at radius 2 is 2.06 bits per heavy atom. The number of hydrogen-bond acceptors (Lipinski definition) is 8. The summed E-state index contributed by atoms with van der Waals surface area (Å²) in [6, 6.07) is 5.69. The van der Waals surface area contributed by atoms with Crippen LogP contribution in [0.3, 0.4) is 0 Å². The van der Waals surface area contributed by atoms with Crippen LogP contribution in [0.25, 0.3) is 27.9 Å². The van der Waals surface area contributed by atoms with Crippen LogP contribution in [0.1, 0.15) is 36.0 Å². The smallest absolute Gasteiger partial charge is 0.254 e. The van der Waals surface area contributed by atoms with Crippen LogP contribution in [0.2, 0.25) is 0 Å². The van der Waals surface area contributed by atoms with Crippen molar-refractivity contribution in [2.75, 3.05) is 39.8 Å². The zero-order valence-corrected chi connectivity index (χ0v) is 20.9. The van der Waals surface area contributed by atoms with E-state index in [0.717, 1.165) is 36.2 Å². The van der Waals surface area contributed by atoms with Crippen molar-refractivity contribution >= 4 is 28.4 Å². The van der Waals surface area contributed by atoms with Crippen molar-refractivity contribution in [3.63, 3.8) is 0 Å². The molecule has 1 aliphatic carbocycles. The van der Waals surface area contributed by atoms with Gasteiger partial charge in [0.05, 0.1) is 30.7 Å². The van der Waals surface area contributed by atoms with Crippen molar-refractivity contribution in [3.05, 3.63) is 42.4 Å². The van der Waals surface area contributed by atoms with E-state index in [-0.39, 0.29) is 5.56 Å². The van der Waals surface area contributed by atoms with E-state index in [0.29, 0.717) is 29.4 Å². The lowest BCUT2D eigenvalue weighted by Crippen LogP contribution is -2.18. The van der Waals surface area contributed by atoms with Gasteiger partial charge in [-0.1, -0.05) is 0 Å². The molecule has 11 nitrogen and oxygen atoms in total. The molecule has 1 aliphatic heterocycles. The highest BCUT2D eigenvalue weighted by Crippen LogP contribution is 2.29. The minimum absolute atomic E-state index is 0.279. The minimum atomic E-state index is -0.563. The average Bonchev–Trinajstić information content (AvgIpc) is 3.63. The Bertz CT molecular complexity index is 1290. The number of anilines is 1. The molecule has 192 valence electrons. The summed E-state index contributed by atoms with van der Waals surface area (Å²) in [4.78, 5) is 23.5. The summed E-state index contributed by atoms with van der Waals surface area (Å²) < 4.78 is 16.5. The van der Waals surface area contributed by atoms with E-state index in [1.54, 1.807) is 32.0 Å². The Morgan fingerprint density at radius 1 is 1.25 bits per heavy atom. The molecule has 0 radical (unpaired) electrons. The number of pyridine rings is 1. The number of aromatic nitrogens is 5. The maximum absolute atomic E-state index is 11.6. The zero-order valence-electron chi connectivity index (χ0n) is 20.9. The summed E-state index contributed by atoms with van der Waals surface area (Å²) in [7, 11) is 5.28. The summed E-state index contributed by atoms with van der Waals surface area (Å²) in [5.41, 5.74) is 8.47. The van der Waals surface area contributed by atoms with Gasteiger partial charge in [0.15, 0.2) is 5.65 Å². The molecule has 1 saturated heterocycles. The van der Waals surface area contributed by atoms with Gasteiger partial charge < -0.3 is 30.2 Å². The third kappa shape index (κ3) is 5.64. The normalized spacial score (nSPS) is 17.1. The van der Waals surface area contributed by atoms with E-state index in [4.69, 9.17) is 19.9 Å². The monoisotopic (exact) mass is 495 g/mol. The number of primary amides is 1. The van der Waals surface area contributed by atoms with Crippen LogP contribution in [-0.4, -0.2) is 77.2 Å². The van der Waals surface area contributed by atoms with E-state index >= 15 is 0 Å². The highest BCUT2D eigenvalue weighted by atomic mass is 16.5. The number of fused-ring (bicyclic) bond motifs is 2. The van der Waals surface area contributed by atoms with Crippen LogP contribution in [0.5, 0.6) is 0 Å². The number of ether oxygens (including phenoxy) is 3. The number of nitrogens with one attached hydrogen (secondary N) is 2. The highest BCUT2D eigenvalue weighted by Gasteiger charge is 2.17. The lowest BCUT2D eigenvalue weighted by molar-refractivity contribution is 0.0412. The Hall–Kier alpha value is -3.54. The van der Waals surface area contributed by atoms with Crippen molar-refractivity contribution in [2.24, 2.45) is 5.73 Å². The van der Waals surface area contributed by atoms with E-state index in [1.807, 2.05) is 24.4 Å². The fraction of sp³-hybridized carbons (Fsp3) is 0.440. The second kappa shape index (κ2) is 11.9. The molecule has 4 N–H and O–H groups in total. The van der Waals surface area contributed by atoms with Crippen molar-refractivity contribution in [3.8, 4) is 11.3 Å². The molecule has 1 amide bonds. The number of methoxy groups -OCH3 is 2. The Kier molecular flexibility index (Phi) is 8.47. The van der Waals surface area contributed by atoms with Gasteiger partial charge in [0.25, 0.3) is 5.91 Å². The van der Waals surface area contributed by atoms with Gasteiger partial charge in [0, 0.05) is 57.3 Å². The van der Waals surface area contributed by atoms with Gasteiger partial charge >= 0.3 is 0 Å². The molecule has 4 aromatic rings. The fourth-order valence-electron chi connectivity index (χ4n) is 3.93. The van der Waals surface area contributed by atoms with Gasteiger partial charge in [-0.25, -0.2) is 9.97 Å². The maximum atomic E-state index is 11.6. The maximum Gasteiger partial charge on any atom is 0.254 e. The number of H-pyrrole nitrogens is 1. The molecule has 1 unspecified atom stereocenters. The molecule has 0 spiro atoms. The second-order valence-corrected chi connectivity index (χ2v) is 8.55. The molecule has 36 heavy (non-hydrogen) atoms. The van der Waals surface area contributed by atoms with Crippen molar-refractivity contribution in [2.45, 2.75) is 37.9 Å². The largest absolute Gasteiger partial charge is 0.381 e. The van der Waals surface area contributed by atoms with Crippen LogP contribution < -0.4 is 11.1 Å². The molecule has 6 rings (SSSR count). The number of carbonyl (C=O) groups is 1. The molecule has 1 saturated carbocycles. The lowest BCUT2D eigenvalue weighted by atomic mass is 9.96. The zero-order chi connectivity index (χ0) is 25.5. The summed E-state index contributed by atoms with van der Waals surface area (Å²) in [5, 5.41) is 8.17. The summed E-state index contributed by atoms with van der Waals surface area (Å²) in [6.45, 7) is 1.66. The second-order valence-electron chi connectivity index (χ2n) is 8.55. The first-order valence-electron chi connectivity index (χ1n) is 12.0. The molecule has 5 heterocycles. The molecule has 1 atom stereocenters. The number of nitrogens with two attached hydrogens (primary N) is 1. The van der Waals surface area contributed by atoms with Crippen LogP contribution in [0.4, 0.5) is 5.82 Å². The average molecular weight is 496 g/mol. The van der Waals surface area contributed by atoms with Crippen LogP contribution in [0, 0.1) is 0 Å². The predicted octanol–water partition coefficient (Wildman–Crippen LogP) is 3.02. The van der Waals surface area contributed by atoms with Crippen molar-refractivity contribution in [1.82, 2.24) is 24.6 Å². The fourth-order valence-corrected chi connectivity index (χ4v) is 3.93. The third-order valence-electron chi connectivity index (χ3n) is 6.33. The molecule has 2 fully saturated rings. The van der Waals surface area contributed by atoms with Gasteiger partial charge in [-0.3, -0.25) is 4.79 Å². The highest BCUT2D eigenvalue weighted by molar-refractivity contribution is 5.99. The number of carbonyl (C=O) groups excluding carboxylic acids is 1. The summed E-state index contributed by atoms with van der Waals surface area (Å²) in [5.74, 6) is 0.142. The minimum Gasteiger partial charge on any atom is -0.381 e. The quantitative estimate of drug-likeness (QED) is 0.384. The first-order valence-corrected chi connectivity index (χ1v) is 12.0. The number of rotatable bonds is 5. The van der Waals surface area contributed by atoms with Crippen LogP contribution >= 0.6 is 0 Å². The first kappa shape index (κ1) is 25.5. The number of aromatic amines is 1. The van der Waals surface area contributed by atoms with Crippen molar-refractivity contribution < 1.29 is 19.0 Å². The summed E-state index contributed by atoms with van der Waals surface area (Å²) >= 11 is 0. The summed E-state index contributed by atoms with van der Waals surface area (Å²) in [6.07, 6.45) is 11.0. The standard InChI is InChI=1S/C15H13N7O.C5H10O2.C5H10O/c1-17-12-5-11(9-6-19-14-8(9)3-2-4-18-14)21-15-10(13(16)23)7-20-22(12)15;1-6-5-2-3-7-4-5;1-6-5-3-2-4-5/h2-7,17H,1H3,(H2,16,23)(H,18,19);5H,2-4H2,1H3;5H,2-4H2,1H3. The third-order valence-corrected chi connectivity index (χ3v) is 6.33. The topological polar surface area (TPSA) is 142 Å². The van der Waals surface area contributed by atoms with Gasteiger partial charge in [0.2, 0.25) is 0 Å². The number of nitrogens with zero attached hydrogens (tertiary/aromatic N) is 4. The molecular weight excluding hydrogens is 462 g/mol. The Labute approximate surface area is 209 Å². The molecule has 11 heteroatoms. The Balaban J connectivity index is 0.000000190. The van der Waals surface area contributed by atoms with E-state index in [9.17, 15) is 4.79 Å². The molecule has 0 aromatic carbocycles. The molecule has 2 aliphatic rings. The van der Waals surface area contributed by atoms with Crippen LogP contribution in [-0.2, 0) is 14.2 Å². The molecular formula is C25H33N7O4. The molecule has 4 aromatic heterocycles. The predicted molar refractivity (Wildman–Crippen MR) is 137 cm³/mol. The number of hydrogen-bond donors (Lipinski definition) is 3. The van der Waals surface area contributed by atoms with E-state index in [1.165, 1.54) is 25.5 Å². The number of amides is 1. The van der Waals surface area contributed by atoms with Gasteiger partial charge in [-0.2, -0.15) is 9.61 Å². The van der Waals surface area contributed by atoms with Gasteiger partial charge in [-0.15, -0.1) is 0 Å². The van der Waals surface area contributed by atoms with E-state index < -0.39 is 5.91 Å². The lowest BCUT2D eigenvalue weighted by Gasteiger charge is -2.22.